The summed E-state index contributed by atoms with van der Waals surface area (Å²) in [6.45, 7) is 8.77. The van der Waals surface area contributed by atoms with Crippen LogP contribution in [0.15, 0.2) is 22.9 Å². The van der Waals surface area contributed by atoms with Gasteiger partial charge in [-0.15, -0.1) is 22.7 Å². The molecule has 0 bridgehead atoms. The average molecular weight is 280 g/mol. The fourth-order valence-corrected chi connectivity index (χ4v) is 3.67. The second-order valence-corrected chi connectivity index (χ2v) is 6.96. The molecule has 2 atom stereocenters. The molecule has 98 valence electrons. The summed E-state index contributed by atoms with van der Waals surface area (Å²) >= 11 is 3.54. The number of nitrogens with one attached hydrogen (secondary N) is 1. The van der Waals surface area contributed by atoms with E-state index in [-0.39, 0.29) is 0 Å². The molecule has 2 heterocycles. The minimum Gasteiger partial charge on any atom is -0.301 e. The molecule has 0 fully saturated rings. The molecule has 0 saturated heterocycles. The van der Waals surface area contributed by atoms with Crippen LogP contribution in [-0.2, 0) is 0 Å². The van der Waals surface area contributed by atoms with Gasteiger partial charge in [0.2, 0.25) is 0 Å². The van der Waals surface area contributed by atoms with E-state index in [1.165, 1.54) is 4.88 Å². The molecular formula is C14H20N2S2. The topological polar surface area (TPSA) is 24.9 Å². The third-order valence-electron chi connectivity index (χ3n) is 3.03. The van der Waals surface area contributed by atoms with Crippen LogP contribution in [0.25, 0.3) is 0 Å². The lowest BCUT2D eigenvalue weighted by Crippen LogP contribution is -2.28. The highest BCUT2D eigenvalue weighted by Crippen LogP contribution is 2.29. The lowest BCUT2D eigenvalue weighted by atomic mass is 10.0. The van der Waals surface area contributed by atoms with Crippen LogP contribution in [0.1, 0.15) is 48.4 Å². The van der Waals surface area contributed by atoms with Crippen LogP contribution >= 0.6 is 22.7 Å². The van der Waals surface area contributed by atoms with Gasteiger partial charge in [0.1, 0.15) is 0 Å². The van der Waals surface area contributed by atoms with E-state index in [1.54, 1.807) is 11.3 Å². The Balaban J connectivity index is 2.10. The van der Waals surface area contributed by atoms with Gasteiger partial charge in [0.25, 0.3) is 0 Å². The Morgan fingerprint density at radius 1 is 1.22 bits per heavy atom. The summed E-state index contributed by atoms with van der Waals surface area (Å²) in [5.41, 5.74) is 1.15. The summed E-state index contributed by atoms with van der Waals surface area (Å²) in [4.78, 5) is 5.97. The summed E-state index contributed by atoms with van der Waals surface area (Å²) in [7, 11) is 0. The van der Waals surface area contributed by atoms with Gasteiger partial charge in [-0.3, -0.25) is 0 Å². The second kappa shape index (κ2) is 5.95. The van der Waals surface area contributed by atoms with Gasteiger partial charge in [-0.25, -0.2) is 4.98 Å². The summed E-state index contributed by atoms with van der Waals surface area (Å²) in [6, 6.07) is 5.03. The first-order chi connectivity index (χ1) is 8.58. The van der Waals surface area contributed by atoms with Crippen molar-refractivity contribution in [1.29, 1.82) is 0 Å². The fraction of sp³-hybridized carbons (Fsp3) is 0.500. The fourth-order valence-electron chi connectivity index (χ4n) is 2.01. The Morgan fingerprint density at radius 3 is 2.50 bits per heavy atom. The van der Waals surface area contributed by atoms with Crippen molar-refractivity contribution in [2.45, 2.75) is 39.8 Å². The molecular weight excluding hydrogens is 260 g/mol. The summed E-state index contributed by atoms with van der Waals surface area (Å²) in [6.07, 6.45) is 0. The number of thiazole rings is 1. The lowest BCUT2D eigenvalue weighted by Gasteiger charge is -2.25. The van der Waals surface area contributed by atoms with Crippen LogP contribution in [0, 0.1) is 12.8 Å². The number of rotatable bonds is 5. The lowest BCUT2D eigenvalue weighted by molar-refractivity contribution is 0.376. The first kappa shape index (κ1) is 13.7. The zero-order valence-electron chi connectivity index (χ0n) is 11.3. The maximum Gasteiger partial charge on any atom is 0.0898 e. The highest BCUT2D eigenvalue weighted by Gasteiger charge is 2.20. The smallest absolute Gasteiger partial charge is 0.0898 e. The molecule has 2 rings (SSSR count). The van der Waals surface area contributed by atoms with Gasteiger partial charge in [0.05, 0.1) is 10.7 Å². The van der Waals surface area contributed by atoms with Crippen LogP contribution in [0.5, 0.6) is 0 Å². The zero-order valence-corrected chi connectivity index (χ0v) is 12.9. The molecule has 2 aromatic heterocycles. The summed E-state index contributed by atoms with van der Waals surface area (Å²) < 4.78 is 0. The molecule has 0 radical (unpaired) electrons. The highest BCUT2D eigenvalue weighted by molar-refractivity contribution is 7.10. The molecule has 0 aliphatic carbocycles. The van der Waals surface area contributed by atoms with E-state index in [9.17, 15) is 0 Å². The van der Waals surface area contributed by atoms with Gasteiger partial charge >= 0.3 is 0 Å². The van der Waals surface area contributed by atoms with Crippen molar-refractivity contribution >= 4 is 22.7 Å². The quantitative estimate of drug-likeness (QED) is 0.868. The third-order valence-corrected chi connectivity index (χ3v) is 4.77. The van der Waals surface area contributed by atoms with Crippen molar-refractivity contribution in [2.24, 2.45) is 5.92 Å². The van der Waals surface area contributed by atoms with Crippen molar-refractivity contribution in [2.75, 3.05) is 0 Å². The van der Waals surface area contributed by atoms with Crippen molar-refractivity contribution in [3.8, 4) is 0 Å². The van der Waals surface area contributed by atoms with Crippen LogP contribution in [0.3, 0.4) is 0 Å². The molecule has 0 aliphatic heterocycles. The molecule has 0 spiro atoms. The Labute approximate surface area is 117 Å². The Morgan fingerprint density at radius 2 is 2.00 bits per heavy atom. The molecule has 0 aliphatic rings. The van der Waals surface area contributed by atoms with Crippen molar-refractivity contribution < 1.29 is 0 Å². The van der Waals surface area contributed by atoms with Crippen LogP contribution in [-0.4, -0.2) is 4.98 Å². The first-order valence-corrected chi connectivity index (χ1v) is 8.05. The van der Waals surface area contributed by atoms with Gasteiger partial charge in [0, 0.05) is 22.3 Å². The van der Waals surface area contributed by atoms with E-state index >= 15 is 0 Å². The van der Waals surface area contributed by atoms with Gasteiger partial charge in [-0.2, -0.15) is 0 Å². The SMILES string of the molecule is Cc1nc(C(C)NC(c2cccs2)C(C)C)cs1. The summed E-state index contributed by atoms with van der Waals surface area (Å²) in [5.74, 6) is 0.575. The number of aromatic nitrogens is 1. The number of thiophene rings is 1. The second-order valence-electron chi connectivity index (χ2n) is 4.92. The van der Waals surface area contributed by atoms with E-state index in [0.29, 0.717) is 18.0 Å². The minimum absolute atomic E-state index is 0.296. The standard InChI is InChI=1S/C14H20N2S2/c1-9(2)14(13-6-5-7-17-13)15-10(3)12-8-18-11(4)16-12/h5-10,14-15H,1-4H3. The van der Waals surface area contributed by atoms with Crippen LogP contribution in [0.2, 0.25) is 0 Å². The Hall–Kier alpha value is -0.710. The largest absolute Gasteiger partial charge is 0.301 e. The van der Waals surface area contributed by atoms with E-state index in [2.05, 4.69) is 60.9 Å². The molecule has 0 saturated carbocycles. The van der Waals surface area contributed by atoms with E-state index < -0.39 is 0 Å². The zero-order chi connectivity index (χ0) is 13.1. The molecule has 1 N–H and O–H groups in total. The van der Waals surface area contributed by atoms with Gasteiger partial charge < -0.3 is 5.32 Å². The number of hydrogen-bond acceptors (Lipinski definition) is 4. The summed E-state index contributed by atoms with van der Waals surface area (Å²) in [5, 5.41) is 9.13. The van der Waals surface area contributed by atoms with Crippen molar-refractivity contribution in [3.63, 3.8) is 0 Å². The van der Waals surface area contributed by atoms with Gasteiger partial charge in [-0.05, 0) is 31.2 Å². The van der Waals surface area contributed by atoms with Crippen molar-refractivity contribution in [3.05, 3.63) is 38.5 Å². The molecule has 2 nitrogen and oxygen atoms in total. The highest BCUT2D eigenvalue weighted by atomic mass is 32.1. The van der Waals surface area contributed by atoms with E-state index in [1.807, 2.05) is 11.3 Å². The van der Waals surface area contributed by atoms with Crippen molar-refractivity contribution in [1.82, 2.24) is 10.3 Å². The first-order valence-electron chi connectivity index (χ1n) is 6.29. The molecule has 2 aromatic rings. The number of hydrogen-bond donors (Lipinski definition) is 1. The van der Waals surface area contributed by atoms with E-state index in [4.69, 9.17) is 0 Å². The molecule has 4 heteroatoms. The van der Waals surface area contributed by atoms with Crippen LogP contribution in [0.4, 0.5) is 0 Å². The Kier molecular flexibility index (Phi) is 4.54. The number of aryl methyl sites for hydroxylation is 1. The third kappa shape index (κ3) is 3.19. The molecule has 2 unspecified atom stereocenters. The molecule has 0 amide bonds. The Bertz CT molecular complexity index is 474. The van der Waals surface area contributed by atoms with E-state index in [0.717, 1.165) is 10.7 Å². The predicted octanol–water partition coefficient (Wildman–Crippen LogP) is 4.56. The molecule has 0 aromatic carbocycles. The van der Waals surface area contributed by atoms with Gasteiger partial charge in [0.15, 0.2) is 0 Å². The maximum atomic E-state index is 4.56. The average Bonchev–Trinajstić information content (AvgIpc) is 2.95. The van der Waals surface area contributed by atoms with Crippen LogP contribution < -0.4 is 5.32 Å². The monoisotopic (exact) mass is 280 g/mol. The van der Waals surface area contributed by atoms with Gasteiger partial charge in [-0.1, -0.05) is 19.9 Å². The maximum absolute atomic E-state index is 4.56. The normalized spacial score (nSPS) is 14.9. The number of nitrogens with zero attached hydrogens (tertiary/aromatic N) is 1. The minimum atomic E-state index is 0.296. The molecule has 18 heavy (non-hydrogen) atoms. The predicted molar refractivity (Wildman–Crippen MR) is 80.3 cm³/mol.